The summed E-state index contributed by atoms with van der Waals surface area (Å²) in [6, 6.07) is 12.9. The van der Waals surface area contributed by atoms with Crippen LogP contribution in [0.1, 0.15) is 5.56 Å². The smallest absolute Gasteiger partial charge is 0.228 e. The predicted octanol–water partition coefficient (Wildman–Crippen LogP) is 3.32. The Bertz CT molecular complexity index is 1140. The summed E-state index contributed by atoms with van der Waals surface area (Å²) >= 11 is 1.44. The van der Waals surface area contributed by atoms with Crippen LogP contribution < -0.4 is 10.1 Å². The SMILES string of the molecule is COc1ccc2c(CC(=O)Nc3cccc(-n4nnnc4SC)c3)coc2c1. The molecule has 1 amide bonds. The number of tetrazole rings is 1. The van der Waals surface area contributed by atoms with Crippen molar-refractivity contribution in [1.29, 1.82) is 0 Å². The number of ether oxygens (including phenoxy) is 1. The second-order valence-corrected chi connectivity index (χ2v) is 6.75. The standard InChI is InChI=1S/C19H17N5O3S/c1-26-15-6-7-16-12(11-27-17(16)10-15)8-18(25)20-13-4-3-5-14(9-13)24-19(28-2)21-22-23-24/h3-7,9-11H,8H2,1-2H3,(H,20,25). The van der Waals surface area contributed by atoms with E-state index in [0.717, 1.165) is 16.6 Å². The van der Waals surface area contributed by atoms with Crippen molar-refractivity contribution < 1.29 is 13.9 Å². The van der Waals surface area contributed by atoms with Gasteiger partial charge in [0.1, 0.15) is 11.3 Å². The Labute approximate surface area is 164 Å². The molecular weight excluding hydrogens is 378 g/mol. The zero-order valence-electron chi connectivity index (χ0n) is 15.2. The molecule has 2 aromatic heterocycles. The molecule has 0 fully saturated rings. The zero-order chi connectivity index (χ0) is 19.5. The number of amides is 1. The van der Waals surface area contributed by atoms with Crippen LogP contribution in [0.5, 0.6) is 5.75 Å². The van der Waals surface area contributed by atoms with Crippen LogP contribution in [0.15, 0.2) is 58.3 Å². The first-order chi connectivity index (χ1) is 13.7. The molecule has 0 aliphatic carbocycles. The molecule has 0 bridgehead atoms. The Balaban J connectivity index is 1.51. The summed E-state index contributed by atoms with van der Waals surface area (Å²) in [6.07, 6.45) is 3.70. The maximum atomic E-state index is 12.5. The molecule has 0 unspecified atom stereocenters. The van der Waals surface area contributed by atoms with Gasteiger partial charge in [-0.05, 0) is 47.0 Å². The number of nitrogens with zero attached hydrogens (tertiary/aromatic N) is 4. The maximum absolute atomic E-state index is 12.5. The molecule has 0 aliphatic rings. The average molecular weight is 395 g/mol. The fourth-order valence-electron chi connectivity index (χ4n) is 2.89. The molecule has 2 heterocycles. The minimum Gasteiger partial charge on any atom is -0.497 e. The van der Waals surface area contributed by atoms with Crippen molar-refractivity contribution in [2.24, 2.45) is 0 Å². The number of hydrogen-bond acceptors (Lipinski definition) is 7. The number of nitrogens with one attached hydrogen (secondary N) is 1. The number of rotatable bonds is 6. The van der Waals surface area contributed by atoms with E-state index in [1.165, 1.54) is 11.8 Å². The third kappa shape index (κ3) is 3.56. The Morgan fingerprint density at radius 2 is 2.18 bits per heavy atom. The molecule has 28 heavy (non-hydrogen) atoms. The van der Waals surface area contributed by atoms with Gasteiger partial charge in [0, 0.05) is 22.7 Å². The van der Waals surface area contributed by atoms with Crippen LogP contribution in [-0.2, 0) is 11.2 Å². The zero-order valence-corrected chi connectivity index (χ0v) is 16.1. The third-order valence-electron chi connectivity index (χ3n) is 4.21. The second kappa shape index (κ2) is 7.73. The molecule has 9 heteroatoms. The van der Waals surface area contributed by atoms with Gasteiger partial charge in [-0.15, -0.1) is 5.10 Å². The Hall–Kier alpha value is -3.33. The molecule has 142 valence electrons. The highest BCUT2D eigenvalue weighted by Gasteiger charge is 2.13. The predicted molar refractivity (Wildman–Crippen MR) is 106 cm³/mol. The molecule has 4 rings (SSSR count). The van der Waals surface area contributed by atoms with Gasteiger partial charge in [0.15, 0.2) is 0 Å². The Morgan fingerprint density at radius 1 is 1.29 bits per heavy atom. The van der Waals surface area contributed by atoms with Crippen LogP contribution >= 0.6 is 11.8 Å². The van der Waals surface area contributed by atoms with Crippen molar-refractivity contribution in [2.45, 2.75) is 11.6 Å². The van der Waals surface area contributed by atoms with Gasteiger partial charge in [-0.2, -0.15) is 4.68 Å². The molecule has 2 aromatic carbocycles. The van der Waals surface area contributed by atoms with E-state index in [9.17, 15) is 4.79 Å². The molecular formula is C19H17N5O3S. The van der Waals surface area contributed by atoms with Crippen molar-refractivity contribution >= 4 is 34.3 Å². The quantitative estimate of drug-likeness (QED) is 0.500. The van der Waals surface area contributed by atoms with E-state index in [0.29, 0.717) is 22.2 Å². The number of methoxy groups -OCH3 is 1. The Morgan fingerprint density at radius 3 is 3.00 bits per heavy atom. The number of aromatic nitrogens is 4. The number of anilines is 1. The van der Waals surface area contributed by atoms with Crippen molar-refractivity contribution in [1.82, 2.24) is 20.2 Å². The first-order valence-corrected chi connectivity index (χ1v) is 9.67. The summed E-state index contributed by atoms with van der Waals surface area (Å²) in [5.74, 6) is 0.569. The lowest BCUT2D eigenvalue weighted by Crippen LogP contribution is -2.14. The highest BCUT2D eigenvalue weighted by Crippen LogP contribution is 2.26. The van der Waals surface area contributed by atoms with Crippen LogP contribution in [0.3, 0.4) is 0 Å². The number of benzene rings is 2. The van der Waals surface area contributed by atoms with Gasteiger partial charge in [-0.1, -0.05) is 17.8 Å². The second-order valence-electron chi connectivity index (χ2n) is 5.98. The number of carbonyl (C=O) groups is 1. The number of thioether (sulfide) groups is 1. The van der Waals surface area contributed by atoms with E-state index in [1.807, 2.05) is 42.7 Å². The molecule has 0 saturated carbocycles. The van der Waals surface area contributed by atoms with Gasteiger partial charge in [-0.25, -0.2) is 0 Å². The van der Waals surface area contributed by atoms with E-state index in [4.69, 9.17) is 9.15 Å². The molecule has 1 N–H and O–H groups in total. The van der Waals surface area contributed by atoms with Gasteiger partial charge in [0.2, 0.25) is 11.1 Å². The highest BCUT2D eigenvalue weighted by atomic mass is 32.2. The number of carbonyl (C=O) groups excluding carboxylic acids is 1. The lowest BCUT2D eigenvalue weighted by atomic mass is 10.1. The average Bonchev–Trinajstić information content (AvgIpc) is 3.34. The van der Waals surface area contributed by atoms with Crippen LogP contribution in [-0.4, -0.2) is 39.5 Å². The summed E-state index contributed by atoms with van der Waals surface area (Å²) in [5, 5.41) is 16.1. The van der Waals surface area contributed by atoms with Gasteiger partial charge in [0.25, 0.3) is 0 Å². The van der Waals surface area contributed by atoms with Gasteiger partial charge in [-0.3, -0.25) is 4.79 Å². The lowest BCUT2D eigenvalue weighted by molar-refractivity contribution is -0.115. The third-order valence-corrected chi connectivity index (χ3v) is 4.83. The van der Waals surface area contributed by atoms with Crippen molar-refractivity contribution in [3.8, 4) is 11.4 Å². The van der Waals surface area contributed by atoms with Crippen LogP contribution in [0.2, 0.25) is 0 Å². The van der Waals surface area contributed by atoms with Crippen molar-refractivity contribution in [3.63, 3.8) is 0 Å². The summed E-state index contributed by atoms with van der Waals surface area (Å²) in [5.41, 5.74) is 2.94. The highest BCUT2D eigenvalue weighted by molar-refractivity contribution is 7.98. The van der Waals surface area contributed by atoms with E-state index >= 15 is 0 Å². The lowest BCUT2D eigenvalue weighted by Gasteiger charge is -2.08. The van der Waals surface area contributed by atoms with E-state index < -0.39 is 0 Å². The molecule has 8 nitrogen and oxygen atoms in total. The number of fused-ring (bicyclic) bond motifs is 1. The minimum absolute atomic E-state index is 0.141. The summed E-state index contributed by atoms with van der Waals surface area (Å²) in [7, 11) is 1.60. The van der Waals surface area contributed by atoms with E-state index in [-0.39, 0.29) is 12.3 Å². The van der Waals surface area contributed by atoms with Gasteiger partial charge < -0.3 is 14.5 Å². The molecule has 4 aromatic rings. The molecule has 0 spiro atoms. The minimum atomic E-state index is -0.141. The largest absolute Gasteiger partial charge is 0.497 e. The molecule has 0 atom stereocenters. The number of furan rings is 1. The van der Waals surface area contributed by atoms with Crippen LogP contribution in [0.4, 0.5) is 5.69 Å². The fraction of sp³-hybridized carbons (Fsp3) is 0.158. The molecule has 0 radical (unpaired) electrons. The number of hydrogen-bond donors (Lipinski definition) is 1. The summed E-state index contributed by atoms with van der Waals surface area (Å²) < 4.78 is 12.4. The first kappa shape index (κ1) is 18.1. The van der Waals surface area contributed by atoms with Crippen LogP contribution in [0, 0.1) is 0 Å². The molecule has 0 aliphatic heterocycles. The summed E-state index contributed by atoms with van der Waals surface area (Å²) in [6.45, 7) is 0. The Kier molecular flexibility index (Phi) is 4.98. The summed E-state index contributed by atoms with van der Waals surface area (Å²) in [4.78, 5) is 12.5. The monoisotopic (exact) mass is 395 g/mol. The van der Waals surface area contributed by atoms with Crippen molar-refractivity contribution in [2.75, 3.05) is 18.7 Å². The van der Waals surface area contributed by atoms with Crippen LogP contribution in [0.25, 0.3) is 16.7 Å². The maximum Gasteiger partial charge on any atom is 0.228 e. The van der Waals surface area contributed by atoms with Crippen molar-refractivity contribution in [3.05, 3.63) is 54.3 Å². The van der Waals surface area contributed by atoms with E-state index in [2.05, 4.69) is 20.8 Å². The van der Waals surface area contributed by atoms with Gasteiger partial charge in [0.05, 0.1) is 25.5 Å². The fourth-order valence-corrected chi connectivity index (χ4v) is 3.32. The topological polar surface area (TPSA) is 95.1 Å². The first-order valence-electron chi connectivity index (χ1n) is 8.44. The van der Waals surface area contributed by atoms with E-state index in [1.54, 1.807) is 24.1 Å². The normalized spacial score (nSPS) is 10.9. The van der Waals surface area contributed by atoms with Gasteiger partial charge >= 0.3 is 0 Å². The molecule has 0 saturated heterocycles.